The first-order valence-corrected chi connectivity index (χ1v) is 6.17. The number of hydrogen-bond acceptors (Lipinski definition) is 1. The van der Waals surface area contributed by atoms with Crippen molar-refractivity contribution in [1.82, 2.24) is 14.4 Å². The average Bonchev–Trinajstić information content (AvgIpc) is 2.85. The highest BCUT2D eigenvalue weighted by molar-refractivity contribution is 9.10. The van der Waals surface area contributed by atoms with Crippen LogP contribution in [0, 0.1) is 0 Å². The number of imidazole rings is 1. The van der Waals surface area contributed by atoms with Crippen LogP contribution in [0.5, 0.6) is 0 Å². The minimum Gasteiger partial charge on any atom is -0.339 e. The Morgan fingerprint density at radius 3 is 3.00 bits per heavy atom. The van der Waals surface area contributed by atoms with E-state index < -0.39 is 0 Å². The Morgan fingerprint density at radius 1 is 1.12 bits per heavy atom. The zero-order chi connectivity index (χ0) is 11.4. The van der Waals surface area contributed by atoms with Gasteiger partial charge in [-0.2, -0.15) is 0 Å². The van der Waals surface area contributed by atoms with Crippen molar-refractivity contribution in [3.05, 3.63) is 47.1 Å². The highest BCUT2D eigenvalue weighted by atomic mass is 79.9. The monoisotopic (exact) mass is 285 g/mol. The fourth-order valence-electron chi connectivity index (χ4n) is 2.29. The Hall–Kier alpha value is -1.81. The third-order valence-electron chi connectivity index (χ3n) is 3.03. The maximum Gasteiger partial charge on any atom is 0.143 e. The number of aromatic amines is 1. The third kappa shape index (κ3) is 1.13. The van der Waals surface area contributed by atoms with E-state index in [0.29, 0.717) is 0 Å². The van der Waals surface area contributed by atoms with E-state index in [4.69, 9.17) is 0 Å². The number of aromatic nitrogens is 3. The summed E-state index contributed by atoms with van der Waals surface area (Å²) in [6.45, 7) is 0. The third-order valence-corrected chi connectivity index (χ3v) is 3.69. The summed E-state index contributed by atoms with van der Waals surface area (Å²) in [7, 11) is 0. The molecule has 0 atom stereocenters. The zero-order valence-electron chi connectivity index (χ0n) is 8.81. The van der Waals surface area contributed by atoms with Crippen molar-refractivity contribution < 1.29 is 0 Å². The Kier molecular flexibility index (Phi) is 1.69. The summed E-state index contributed by atoms with van der Waals surface area (Å²) in [5.74, 6) is 0. The summed E-state index contributed by atoms with van der Waals surface area (Å²) in [4.78, 5) is 8.08. The summed E-state index contributed by atoms with van der Waals surface area (Å²) in [5.41, 5.74) is 4.13. The fraction of sp³-hybridized carbons (Fsp3) is 0. The molecule has 1 N–H and O–H groups in total. The summed E-state index contributed by atoms with van der Waals surface area (Å²) in [6, 6.07) is 12.1. The molecule has 0 saturated carbocycles. The number of nitrogens with one attached hydrogen (secondary N) is 1. The number of halogens is 1. The molecule has 0 bridgehead atoms. The molecular formula is C13H8BrN3. The summed E-state index contributed by atoms with van der Waals surface area (Å²) >= 11 is 3.59. The van der Waals surface area contributed by atoms with Crippen LogP contribution in [-0.4, -0.2) is 14.4 Å². The first kappa shape index (κ1) is 9.24. The van der Waals surface area contributed by atoms with Gasteiger partial charge in [0.2, 0.25) is 0 Å². The van der Waals surface area contributed by atoms with Gasteiger partial charge in [0.15, 0.2) is 0 Å². The van der Waals surface area contributed by atoms with Crippen molar-refractivity contribution in [2.24, 2.45) is 0 Å². The van der Waals surface area contributed by atoms with E-state index in [1.165, 1.54) is 0 Å². The molecule has 82 valence electrons. The van der Waals surface area contributed by atoms with E-state index in [9.17, 15) is 0 Å². The number of hydrogen-bond donors (Lipinski definition) is 1. The molecule has 0 aliphatic carbocycles. The predicted molar refractivity (Wildman–Crippen MR) is 72.3 cm³/mol. The molecule has 3 aromatic heterocycles. The molecule has 3 nitrogen and oxygen atoms in total. The van der Waals surface area contributed by atoms with E-state index in [-0.39, 0.29) is 0 Å². The standard InChI is InChI=1S/C13H8BrN3/c14-8-4-3-5-9-11(8)12-13(15-9)17-7-2-1-6-10(17)16-12/h1-7,15H. The van der Waals surface area contributed by atoms with Gasteiger partial charge in [0.1, 0.15) is 16.8 Å². The SMILES string of the molecule is Brc1cccc2[nH]c3c(nc4ccccn43)c12. The van der Waals surface area contributed by atoms with Crippen LogP contribution in [-0.2, 0) is 0 Å². The largest absolute Gasteiger partial charge is 0.339 e. The van der Waals surface area contributed by atoms with Crippen LogP contribution in [0.1, 0.15) is 0 Å². The minimum absolute atomic E-state index is 0.964. The molecule has 0 fully saturated rings. The molecular weight excluding hydrogens is 278 g/mol. The lowest BCUT2D eigenvalue weighted by Gasteiger charge is -1.93. The zero-order valence-corrected chi connectivity index (χ0v) is 10.4. The fourth-order valence-corrected chi connectivity index (χ4v) is 2.84. The molecule has 0 aliphatic rings. The maximum absolute atomic E-state index is 4.67. The van der Waals surface area contributed by atoms with Crippen LogP contribution < -0.4 is 0 Å². The maximum atomic E-state index is 4.67. The normalized spacial score (nSPS) is 11.8. The molecule has 0 saturated heterocycles. The second-order valence-electron chi connectivity index (χ2n) is 4.03. The molecule has 0 spiro atoms. The van der Waals surface area contributed by atoms with E-state index in [1.807, 2.05) is 36.5 Å². The van der Waals surface area contributed by atoms with Gasteiger partial charge < -0.3 is 4.98 Å². The molecule has 0 radical (unpaired) electrons. The Bertz CT molecular complexity index is 857. The lowest BCUT2D eigenvalue weighted by molar-refractivity contribution is 1.20. The quantitative estimate of drug-likeness (QED) is 0.525. The van der Waals surface area contributed by atoms with Crippen molar-refractivity contribution in [2.75, 3.05) is 0 Å². The molecule has 4 heteroatoms. The van der Waals surface area contributed by atoms with Crippen LogP contribution in [0.4, 0.5) is 0 Å². The van der Waals surface area contributed by atoms with E-state index in [2.05, 4.69) is 36.4 Å². The molecule has 4 aromatic rings. The highest BCUT2D eigenvalue weighted by Crippen LogP contribution is 2.31. The lowest BCUT2D eigenvalue weighted by Crippen LogP contribution is -1.82. The van der Waals surface area contributed by atoms with Gasteiger partial charge in [-0.1, -0.05) is 28.1 Å². The summed E-state index contributed by atoms with van der Waals surface area (Å²) in [5, 5.41) is 1.14. The summed E-state index contributed by atoms with van der Waals surface area (Å²) in [6.07, 6.45) is 2.02. The van der Waals surface area contributed by atoms with E-state index >= 15 is 0 Å². The lowest BCUT2D eigenvalue weighted by atomic mass is 10.2. The molecule has 4 rings (SSSR count). The van der Waals surface area contributed by atoms with Crippen LogP contribution in [0.2, 0.25) is 0 Å². The average molecular weight is 286 g/mol. The second-order valence-corrected chi connectivity index (χ2v) is 4.88. The van der Waals surface area contributed by atoms with Gasteiger partial charge in [-0.05, 0) is 24.3 Å². The Morgan fingerprint density at radius 2 is 2.06 bits per heavy atom. The van der Waals surface area contributed by atoms with Crippen LogP contribution in [0.15, 0.2) is 47.1 Å². The van der Waals surface area contributed by atoms with Gasteiger partial charge in [0.05, 0.1) is 5.52 Å². The van der Waals surface area contributed by atoms with Gasteiger partial charge >= 0.3 is 0 Å². The topological polar surface area (TPSA) is 33.1 Å². The van der Waals surface area contributed by atoms with Crippen LogP contribution in [0.25, 0.3) is 27.7 Å². The number of pyridine rings is 1. The Labute approximate surface area is 105 Å². The molecule has 0 aliphatic heterocycles. The minimum atomic E-state index is 0.964. The first-order valence-electron chi connectivity index (χ1n) is 5.37. The molecule has 3 heterocycles. The molecule has 0 unspecified atom stereocenters. The first-order chi connectivity index (χ1) is 8.34. The van der Waals surface area contributed by atoms with Crippen molar-refractivity contribution in [3.8, 4) is 0 Å². The number of benzene rings is 1. The van der Waals surface area contributed by atoms with Crippen molar-refractivity contribution in [1.29, 1.82) is 0 Å². The number of H-pyrrole nitrogens is 1. The van der Waals surface area contributed by atoms with Crippen LogP contribution >= 0.6 is 15.9 Å². The molecule has 0 amide bonds. The van der Waals surface area contributed by atoms with Crippen molar-refractivity contribution >= 4 is 43.6 Å². The van der Waals surface area contributed by atoms with Gasteiger partial charge in [-0.15, -0.1) is 0 Å². The molecule has 17 heavy (non-hydrogen) atoms. The van der Waals surface area contributed by atoms with Crippen LogP contribution in [0.3, 0.4) is 0 Å². The number of nitrogens with zero attached hydrogens (tertiary/aromatic N) is 2. The van der Waals surface area contributed by atoms with Gasteiger partial charge in [-0.25, -0.2) is 4.98 Å². The Balaban J connectivity index is 2.35. The van der Waals surface area contributed by atoms with E-state index in [0.717, 1.165) is 32.2 Å². The van der Waals surface area contributed by atoms with Crippen molar-refractivity contribution in [3.63, 3.8) is 0 Å². The second kappa shape index (κ2) is 3.11. The summed E-state index contributed by atoms with van der Waals surface area (Å²) < 4.78 is 3.14. The highest BCUT2D eigenvalue weighted by Gasteiger charge is 2.12. The van der Waals surface area contributed by atoms with Gasteiger partial charge in [0.25, 0.3) is 0 Å². The van der Waals surface area contributed by atoms with Gasteiger partial charge in [-0.3, -0.25) is 4.40 Å². The molecule has 1 aromatic carbocycles. The number of rotatable bonds is 0. The predicted octanol–water partition coefficient (Wildman–Crippen LogP) is 3.73. The number of fused-ring (bicyclic) bond motifs is 5. The van der Waals surface area contributed by atoms with Crippen molar-refractivity contribution in [2.45, 2.75) is 0 Å². The van der Waals surface area contributed by atoms with E-state index in [1.54, 1.807) is 0 Å². The van der Waals surface area contributed by atoms with Gasteiger partial charge in [0, 0.05) is 16.1 Å². The smallest absolute Gasteiger partial charge is 0.143 e.